The lowest BCUT2D eigenvalue weighted by molar-refractivity contribution is 0.374. The van der Waals surface area contributed by atoms with Gasteiger partial charge < -0.3 is 5.32 Å². The lowest BCUT2D eigenvalue weighted by Gasteiger charge is -2.21. The first-order valence-corrected chi connectivity index (χ1v) is 5.78. The Labute approximate surface area is 83.4 Å². The van der Waals surface area contributed by atoms with Gasteiger partial charge in [-0.15, -0.1) is 11.3 Å². The standard InChI is InChI=1S/C10H16N2S/c1-8-12-7-10(13-8)6-9-2-4-11-5-3-9/h7,9,11H,2-6H2,1H3. The molecule has 0 bridgehead atoms. The highest BCUT2D eigenvalue weighted by Gasteiger charge is 2.14. The molecule has 0 atom stereocenters. The SMILES string of the molecule is Cc1ncc(CC2CCNCC2)s1. The van der Waals surface area contributed by atoms with E-state index in [1.54, 1.807) is 0 Å². The molecule has 0 saturated carbocycles. The fourth-order valence-corrected chi connectivity index (χ4v) is 2.78. The molecule has 0 radical (unpaired) electrons. The Hall–Kier alpha value is -0.410. The van der Waals surface area contributed by atoms with Gasteiger partial charge in [0.1, 0.15) is 0 Å². The van der Waals surface area contributed by atoms with Crippen LogP contribution in [0.5, 0.6) is 0 Å². The molecule has 2 heterocycles. The zero-order chi connectivity index (χ0) is 9.10. The maximum atomic E-state index is 4.29. The van der Waals surface area contributed by atoms with Gasteiger partial charge in [0.2, 0.25) is 0 Å². The van der Waals surface area contributed by atoms with Crippen molar-refractivity contribution in [1.82, 2.24) is 10.3 Å². The number of aryl methyl sites for hydroxylation is 1. The highest BCUT2D eigenvalue weighted by molar-refractivity contribution is 7.11. The van der Waals surface area contributed by atoms with E-state index in [1.165, 1.54) is 42.2 Å². The summed E-state index contributed by atoms with van der Waals surface area (Å²) in [6.07, 6.45) is 5.95. The second-order valence-corrected chi connectivity index (χ2v) is 5.06. The number of piperidine rings is 1. The Morgan fingerprint density at radius 1 is 1.54 bits per heavy atom. The number of aromatic nitrogens is 1. The smallest absolute Gasteiger partial charge is 0.0896 e. The number of nitrogens with one attached hydrogen (secondary N) is 1. The summed E-state index contributed by atoms with van der Waals surface area (Å²) in [5.74, 6) is 0.890. The van der Waals surface area contributed by atoms with Crippen LogP contribution in [-0.4, -0.2) is 18.1 Å². The number of hydrogen-bond acceptors (Lipinski definition) is 3. The van der Waals surface area contributed by atoms with E-state index in [9.17, 15) is 0 Å². The van der Waals surface area contributed by atoms with Gasteiger partial charge in [0.15, 0.2) is 0 Å². The third-order valence-corrected chi connectivity index (χ3v) is 3.55. The summed E-state index contributed by atoms with van der Waals surface area (Å²) in [4.78, 5) is 5.75. The van der Waals surface area contributed by atoms with Gasteiger partial charge in [-0.1, -0.05) is 0 Å². The summed E-state index contributed by atoms with van der Waals surface area (Å²) >= 11 is 1.85. The van der Waals surface area contributed by atoms with Crippen LogP contribution in [0.2, 0.25) is 0 Å². The van der Waals surface area contributed by atoms with Crippen molar-refractivity contribution in [2.75, 3.05) is 13.1 Å². The maximum absolute atomic E-state index is 4.29. The van der Waals surface area contributed by atoms with E-state index >= 15 is 0 Å². The van der Waals surface area contributed by atoms with Crippen molar-refractivity contribution in [3.8, 4) is 0 Å². The van der Waals surface area contributed by atoms with Gasteiger partial charge in [-0.3, -0.25) is 0 Å². The van der Waals surface area contributed by atoms with Crippen molar-refractivity contribution < 1.29 is 0 Å². The molecule has 72 valence electrons. The molecule has 0 aliphatic carbocycles. The molecule has 0 unspecified atom stereocenters. The number of thiazole rings is 1. The monoisotopic (exact) mass is 196 g/mol. The number of rotatable bonds is 2. The zero-order valence-electron chi connectivity index (χ0n) is 8.05. The van der Waals surface area contributed by atoms with Gasteiger partial charge in [-0.25, -0.2) is 4.98 Å². The Kier molecular flexibility index (Phi) is 2.96. The van der Waals surface area contributed by atoms with E-state index in [-0.39, 0.29) is 0 Å². The van der Waals surface area contributed by atoms with Gasteiger partial charge in [-0.05, 0) is 45.2 Å². The maximum Gasteiger partial charge on any atom is 0.0896 e. The second-order valence-electron chi connectivity index (χ2n) is 3.74. The molecule has 1 N–H and O–H groups in total. The van der Waals surface area contributed by atoms with Gasteiger partial charge in [0.25, 0.3) is 0 Å². The first-order valence-electron chi connectivity index (χ1n) is 4.96. The van der Waals surface area contributed by atoms with Crippen LogP contribution in [0.1, 0.15) is 22.7 Å². The van der Waals surface area contributed by atoms with Crippen LogP contribution in [0.3, 0.4) is 0 Å². The zero-order valence-corrected chi connectivity index (χ0v) is 8.86. The average Bonchev–Trinajstić information content (AvgIpc) is 2.53. The molecule has 1 fully saturated rings. The highest BCUT2D eigenvalue weighted by atomic mass is 32.1. The van der Waals surface area contributed by atoms with E-state index < -0.39 is 0 Å². The minimum absolute atomic E-state index is 0.890. The Morgan fingerprint density at radius 3 is 2.92 bits per heavy atom. The van der Waals surface area contributed by atoms with Crippen molar-refractivity contribution >= 4 is 11.3 Å². The van der Waals surface area contributed by atoms with Crippen LogP contribution in [0.15, 0.2) is 6.20 Å². The van der Waals surface area contributed by atoms with Crippen LogP contribution >= 0.6 is 11.3 Å². The summed E-state index contributed by atoms with van der Waals surface area (Å²) in [5.41, 5.74) is 0. The van der Waals surface area contributed by atoms with Gasteiger partial charge in [0.05, 0.1) is 5.01 Å². The van der Waals surface area contributed by atoms with Crippen molar-refractivity contribution in [3.63, 3.8) is 0 Å². The summed E-state index contributed by atoms with van der Waals surface area (Å²) in [5, 5.41) is 4.59. The quantitative estimate of drug-likeness (QED) is 0.782. The van der Waals surface area contributed by atoms with E-state index in [4.69, 9.17) is 0 Å². The Balaban J connectivity index is 1.89. The van der Waals surface area contributed by atoms with E-state index in [1.807, 2.05) is 17.5 Å². The predicted octanol–water partition coefficient (Wildman–Crippen LogP) is 1.99. The molecular weight excluding hydrogens is 180 g/mol. The fourth-order valence-electron chi connectivity index (χ4n) is 1.87. The number of hydrogen-bond donors (Lipinski definition) is 1. The third-order valence-electron chi connectivity index (χ3n) is 2.62. The van der Waals surface area contributed by atoms with Crippen molar-refractivity contribution in [3.05, 3.63) is 16.1 Å². The second kappa shape index (κ2) is 4.20. The topological polar surface area (TPSA) is 24.9 Å². The van der Waals surface area contributed by atoms with Crippen molar-refractivity contribution in [1.29, 1.82) is 0 Å². The molecule has 0 aromatic carbocycles. The van der Waals surface area contributed by atoms with E-state index in [0.29, 0.717) is 0 Å². The third kappa shape index (κ3) is 2.51. The molecule has 1 aromatic rings. The minimum atomic E-state index is 0.890. The average molecular weight is 196 g/mol. The minimum Gasteiger partial charge on any atom is -0.317 e. The summed E-state index contributed by atoms with van der Waals surface area (Å²) in [6.45, 7) is 4.47. The molecule has 1 aliphatic heterocycles. The largest absolute Gasteiger partial charge is 0.317 e. The van der Waals surface area contributed by atoms with Crippen molar-refractivity contribution in [2.45, 2.75) is 26.2 Å². The molecule has 1 saturated heterocycles. The molecule has 2 nitrogen and oxygen atoms in total. The van der Waals surface area contributed by atoms with Crippen LogP contribution in [0.4, 0.5) is 0 Å². The van der Waals surface area contributed by atoms with Crippen LogP contribution in [0, 0.1) is 12.8 Å². The number of nitrogens with zero attached hydrogens (tertiary/aromatic N) is 1. The van der Waals surface area contributed by atoms with Crippen molar-refractivity contribution in [2.24, 2.45) is 5.92 Å². The first-order chi connectivity index (χ1) is 6.34. The molecule has 0 spiro atoms. The van der Waals surface area contributed by atoms with Crippen LogP contribution < -0.4 is 5.32 Å². The highest BCUT2D eigenvalue weighted by Crippen LogP contribution is 2.21. The predicted molar refractivity (Wildman–Crippen MR) is 56.1 cm³/mol. The van der Waals surface area contributed by atoms with Crippen LogP contribution in [0.25, 0.3) is 0 Å². The Bertz CT molecular complexity index is 264. The molecule has 1 aromatic heterocycles. The normalized spacial score (nSPS) is 19.2. The first kappa shape index (κ1) is 9.16. The summed E-state index contributed by atoms with van der Waals surface area (Å²) in [7, 11) is 0. The molecule has 0 amide bonds. The fraction of sp³-hybridized carbons (Fsp3) is 0.700. The lowest BCUT2D eigenvalue weighted by Crippen LogP contribution is -2.28. The van der Waals surface area contributed by atoms with E-state index in [0.717, 1.165) is 5.92 Å². The molecule has 2 rings (SSSR count). The van der Waals surface area contributed by atoms with Gasteiger partial charge in [0, 0.05) is 11.1 Å². The lowest BCUT2D eigenvalue weighted by atomic mass is 9.94. The molecule has 3 heteroatoms. The van der Waals surface area contributed by atoms with E-state index in [2.05, 4.69) is 17.2 Å². The summed E-state index contributed by atoms with van der Waals surface area (Å²) in [6, 6.07) is 0. The summed E-state index contributed by atoms with van der Waals surface area (Å²) < 4.78 is 0. The van der Waals surface area contributed by atoms with Gasteiger partial charge in [-0.2, -0.15) is 0 Å². The molecule has 1 aliphatic rings. The Morgan fingerprint density at radius 2 is 2.31 bits per heavy atom. The van der Waals surface area contributed by atoms with Gasteiger partial charge >= 0.3 is 0 Å². The molecule has 13 heavy (non-hydrogen) atoms. The van der Waals surface area contributed by atoms with Crippen LogP contribution in [-0.2, 0) is 6.42 Å². The molecular formula is C10H16N2S.